The van der Waals surface area contributed by atoms with Crippen LogP contribution in [0.25, 0.3) is 0 Å². The van der Waals surface area contributed by atoms with Crippen molar-refractivity contribution in [2.24, 2.45) is 0 Å². The summed E-state index contributed by atoms with van der Waals surface area (Å²) in [5.41, 5.74) is 0. The van der Waals surface area contributed by atoms with Crippen LogP contribution >= 0.6 is 0 Å². The van der Waals surface area contributed by atoms with E-state index in [2.05, 4.69) is 28.1 Å². The second-order valence-electron chi connectivity index (χ2n) is 2.50. The summed E-state index contributed by atoms with van der Waals surface area (Å²) in [5.74, 6) is 0. The maximum Gasteiger partial charge on any atom is 0 e. The van der Waals surface area contributed by atoms with Gasteiger partial charge in [0.05, 0.1) is 0 Å². The van der Waals surface area contributed by atoms with Gasteiger partial charge < -0.3 is 16.0 Å². The molecule has 0 amide bonds. The third-order valence-corrected chi connectivity index (χ3v) is 0.586. The topological polar surface area (TPSA) is 36.1 Å². The van der Waals surface area contributed by atoms with E-state index in [9.17, 15) is 0 Å². The van der Waals surface area contributed by atoms with Gasteiger partial charge in [-0.25, -0.2) is 12.2 Å². The quantitative estimate of drug-likeness (QED) is 0.578. The van der Waals surface area contributed by atoms with E-state index in [0.29, 0.717) is 0 Å². The molecule has 0 aromatic heterocycles. The number of nitrogens with one attached hydrogen (secondary N) is 3. The maximum atomic E-state index is 2.99. The van der Waals surface area contributed by atoms with E-state index in [1.54, 1.807) is 0 Å². The molecule has 0 spiro atoms. The fraction of sp³-hybridized carbons (Fsp3) is 0.636. The second-order valence-corrected chi connectivity index (χ2v) is 2.50. The molecule has 15 heavy (non-hydrogen) atoms. The van der Waals surface area contributed by atoms with Crippen LogP contribution in [0.1, 0.15) is 6.42 Å². The predicted octanol–water partition coefficient (Wildman–Crippen LogP) is 0.810. The van der Waals surface area contributed by atoms with E-state index in [1.807, 2.05) is 54.4 Å². The molecule has 3 nitrogen and oxygen atoms in total. The molecule has 0 aromatic carbocycles. The van der Waals surface area contributed by atoms with Crippen molar-refractivity contribution in [2.45, 2.75) is 6.42 Å². The Morgan fingerprint density at radius 2 is 1.20 bits per heavy atom. The Kier molecular flexibility index (Phi) is 60.0. The average Bonchev–Trinajstić information content (AvgIpc) is 2.63. The monoisotopic (exact) mass is 290 g/mol. The first kappa shape index (κ1) is 24.5. The fourth-order valence-corrected chi connectivity index (χ4v) is 0.340. The minimum atomic E-state index is 0. The van der Waals surface area contributed by atoms with E-state index in [-0.39, 0.29) is 26.2 Å². The molecule has 0 heterocycles. The number of hydrogen-bond donors (Lipinski definition) is 3. The zero-order valence-corrected chi connectivity index (χ0v) is 13.4. The number of rotatable bonds is 0. The van der Waals surface area contributed by atoms with Gasteiger partial charge in [0.15, 0.2) is 0 Å². The molecule has 0 aromatic rings. The molecule has 0 saturated carbocycles. The third-order valence-electron chi connectivity index (χ3n) is 0.586. The van der Waals surface area contributed by atoms with Crippen LogP contribution in [0.4, 0.5) is 0 Å². The van der Waals surface area contributed by atoms with Gasteiger partial charge in [0.2, 0.25) is 0 Å². The molecule has 0 radical (unpaired) electrons. The van der Waals surface area contributed by atoms with Gasteiger partial charge in [0, 0.05) is 26.2 Å². The van der Waals surface area contributed by atoms with Crippen LogP contribution in [0.3, 0.4) is 0 Å². The molecule has 0 bridgehead atoms. The SMILES string of the molecule is CNC.CNC.CNC.[C-]1=CC=CC1.[Zr]. The first-order valence-corrected chi connectivity index (χ1v) is 4.72. The van der Waals surface area contributed by atoms with E-state index in [0.717, 1.165) is 6.42 Å². The van der Waals surface area contributed by atoms with Crippen molar-refractivity contribution in [3.05, 3.63) is 24.3 Å². The Balaban J connectivity index is -0.0000000550. The zero-order valence-electron chi connectivity index (χ0n) is 10.9. The van der Waals surface area contributed by atoms with Crippen molar-refractivity contribution < 1.29 is 26.2 Å². The van der Waals surface area contributed by atoms with Crippen LogP contribution in [0, 0.1) is 6.08 Å². The van der Waals surface area contributed by atoms with E-state index >= 15 is 0 Å². The van der Waals surface area contributed by atoms with Gasteiger partial charge in [-0.15, -0.1) is 6.42 Å². The van der Waals surface area contributed by atoms with Crippen LogP contribution in [0.2, 0.25) is 0 Å². The molecule has 1 rings (SSSR count). The smallest absolute Gasteiger partial charge is 0 e. The fourth-order valence-electron chi connectivity index (χ4n) is 0.340. The molecule has 0 aliphatic heterocycles. The number of allylic oxidation sites excluding steroid dienone is 4. The Morgan fingerprint density at radius 1 is 0.867 bits per heavy atom. The van der Waals surface area contributed by atoms with E-state index < -0.39 is 0 Å². The molecule has 0 saturated heterocycles. The van der Waals surface area contributed by atoms with Gasteiger partial charge in [-0.2, -0.15) is 6.08 Å². The summed E-state index contributed by atoms with van der Waals surface area (Å²) in [5, 5.41) is 8.25. The van der Waals surface area contributed by atoms with Gasteiger partial charge in [-0.05, 0) is 42.3 Å². The molecule has 3 N–H and O–H groups in total. The second kappa shape index (κ2) is 36.8. The maximum absolute atomic E-state index is 2.99. The zero-order chi connectivity index (χ0) is 11.7. The Labute approximate surface area is 115 Å². The minimum absolute atomic E-state index is 0. The molecule has 1 aliphatic rings. The Bertz CT molecular complexity index is 99.6. The number of hydrogen-bond acceptors (Lipinski definition) is 3. The van der Waals surface area contributed by atoms with Gasteiger partial charge in [-0.3, -0.25) is 6.08 Å². The van der Waals surface area contributed by atoms with E-state index in [1.165, 1.54) is 0 Å². The van der Waals surface area contributed by atoms with Crippen molar-refractivity contribution in [3.8, 4) is 0 Å². The van der Waals surface area contributed by atoms with Gasteiger partial charge in [0.1, 0.15) is 0 Å². The molecule has 1 aliphatic carbocycles. The summed E-state index contributed by atoms with van der Waals surface area (Å²) in [6.45, 7) is 0. The van der Waals surface area contributed by atoms with Crippen molar-refractivity contribution in [1.29, 1.82) is 0 Å². The summed E-state index contributed by atoms with van der Waals surface area (Å²) in [7, 11) is 11.2. The largest absolute Gasteiger partial charge is 0.323 e. The summed E-state index contributed by atoms with van der Waals surface area (Å²) in [6, 6.07) is 0. The molecule has 0 fully saturated rings. The first-order valence-electron chi connectivity index (χ1n) is 4.72. The van der Waals surface area contributed by atoms with Crippen LogP contribution < -0.4 is 16.0 Å². The summed E-state index contributed by atoms with van der Waals surface area (Å²) in [6.07, 6.45) is 10.0. The normalized spacial score (nSPS) is 9.47. The molecular formula is C11H26N3Zr-. The molecule has 0 unspecified atom stereocenters. The molecular weight excluding hydrogens is 265 g/mol. The standard InChI is InChI=1S/C5H5.3C2H7N.Zr/c1-2-4-5-3-1;3*1-3-2;/h1-3H,4H2;3*3H,1-2H3;/q-1;;;;. The third kappa shape index (κ3) is 77.7. The van der Waals surface area contributed by atoms with Crippen LogP contribution in [-0.4, -0.2) is 42.3 Å². The molecule has 90 valence electrons. The van der Waals surface area contributed by atoms with Gasteiger partial charge in [0.25, 0.3) is 0 Å². The van der Waals surface area contributed by atoms with Crippen LogP contribution in [0.5, 0.6) is 0 Å². The first-order chi connectivity index (χ1) is 6.74. The van der Waals surface area contributed by atoms with Crippen molar-refractivity contribution in [1.82, 2.24) is 16.0 Å². The van der Waals surface area contributed by atoms with Crippen LogP contribution in [-0.2, 0) is 26.2 Å². The minimum Gasteiger partial charge on any atom is -0.323 e. The predicted molar refractivity (Wildman–Crippen MR) is 66.5 cm³/mol. The van der Waals surface area contributed by atoms with Crippen LogP contribution in [0.15, 0.2) is 18.2 Å². The summed E-state index contributed by atoms with van der Waals surface area (Å²) >= 11 is 0. The molecule has 4 heteroatoms. The Hall–Kier alpha value is 0.243. The average molecular weight is 292 g/mol. The molecule has 0 atom stereocenters. The summed E-state index contributed by atoms with van der Waals surface area (Å²) in [4.78, 5) is 0. The Morgan fingerprint density at radius 3 is 1.27 bits per heavy atom. The van der Waals surface area contributed by atoms with Crippen molar-refractivity contribution in [3.63, 3.8) is 0 Å². The van der Waals surface area contributed by atoms with E-state index in [4.69, 9.17) is 0 Å². The summed E-state index contributed by atoms with van der Waals surface area (Å²) < 4.78 is 0. The van der Waals surface area contributed by atoms with Gasteiger partial charge in [-0.1, -0.05) is 0 Å². The van der Waals surface area contributed by atoms with Gasteiger partial charge >= 0.3 is 0 Å². The van der Waals surface area contributed by atoms with Crippen molar-refractivity contribution >= 4 is 0 Å². The van der Waals surface area contributed by atoms with Crippen molar-refractivity contribution in [2.75, 3.05) is 42.3 Å².